The molecule has 0 bridgehead atoms. The van der Waals surface area contributed by atoms with Gasteiger partial charge < -0.3 is 4.90 Å². The van der Waals surface area contributed by atoms with Crippen LogP contribution in [-0.2, 0) is 4.79 Å². The first-order chi connectivity index (χ1) is 12.6. The minimum absolute atomic E-state index is 0.103. The second-order valence-electron chi connectivity index (χ2n) is 6.39. The van der Waals surface area contributed by atoms with Crippen molar-refractivity contribution >= 4 is 23.3 Å². The molecule has 1 saturated heterocycles. The Morgan fingerprint density at radius 2 is 2.04 bits per heavy atom. The number of carbonyl (C=O) groups excluding carboxylic acids is 1. The molecule has 1 N–H and O–H groups in total. The van der Waals surface area contributed by atoms with Gasteiger partial charge in [-0.15, -0.1) is 0 Å². The molecule has 1 aliphatic heterocycles. The Morgan fingerprint density at radius 1 is 1.23 bits per heavy atom. The van der Waals surface area contributed by atoms with Crippen molar-refractivity contribution < 1.29 is 4.79 Å². The van der Waals surface area contributed by atoms with E-state index in [1.165, 1.54) is 17.8 Å². The van der Waals surface area contributed by atoms with E-state index in [9.17, 15) is 9.59 Å². The highest BCUT2D eigenvalue weighted by atomic mass is 32.2. The molecule has 1 aliphatic rings. The normalized spacial score (nSPS) is 14.3. The first kappa shape index (κ1) is 16.8. The summed E-state index contributed by atoms with van der Waals surface area (Å²) in [6, 6.07) is 9.33. The lowest BCUT2D eigenvalue weighted by Crippen LogP contribution is -2.29. The van der Waals surface area contributed by atoms with Crippen LogP contribution in [0.2, 0.25) is 0 Å². The molecular weight excluding hydrogens is 350 g/mol. The van der Waals surface area contributed by atoms with Gasteiger partial charge in [-0.3, -0.25) is 14.7 Å². The molecule has 3 aromatic rings. The molecule has 3 heterocycles. The number of aryl methyl sites for hydroxylation is 1. The molecule has 2 aromatic heterocycles. The van der Waals surface area contributed by atoms with E-state index in [-0.39, 0.29) is 11.5 Å². The van der Waals surface area contributed by atoms with Crippen LogP contribution in [0.1, 0.15) is 18.4 Å². The molecule has 1 aromatic carbocycles. The Hall–Kier alpha value is -2.61. The highest BCUT2D eigenvalue weighted by Crippen LogP contribution is 2.23. The summed E-state index contributed by atoms with van der Waals surface area (Å²) in [5.74, 6) is 0.939. The number of H-pyrrole nitrogens is 1. The van der Waals surface area contributed by atoms with Crippen LogP contribution in [0.25, 0.3) is 17.0 Å². The van der Waals surface area contributed by atoms with E-state index in [1.807, 2.05) is 36.1 Å². The van der Waals surface area contributed by atoms with E-state index in [0.29, 0.717) is 22.4 Å². The fourth-order valence-corrected chi connectivity index (χ4v) is 3.93. The standard InChI is InChI=1S/C18H19N5O2S/c1-12-5-4-6-13(9-12)17-19-14-10-15(24)21-23(14)18(20-17)26-11-16(25)22-7-2-3-8-22/h4-6,9-10H,2-3,7-8,11H2,1H3,(H,21,24). The van der Waals surface area contributed by atoms with Gasteiger partial charge in [0.1, 0.15) is 0 Å². The number of benzene rings is 1. The van der Waals surface area contributed by atoms with Crippen molar-refractivity contribution in [3.8, 4) is 11.4 Å². The fraction of sp³-hybridized carbons (Fsp3) is 0.333. The second kappa shape index (κ2) is 6.95. The number of amides is 1. The number of nitrogens with one attached hydrogen (secondary N) is 1. The summed E-state index contributed by atoms with van der Waals surface area (Å²) in [5, 5.41) is 3.26. The van der Waals surface area contributed by atoms with Gasteiger partial charge in [0.15, 0.2) is 16.6 Å². The number of hydrogen-bond acceptors (Lipinski definition) is 5. The number of nitrogens with zero attached hydrogens (tertiary/aromatic N) is 4. The number of rotatable bonds is 4. The summed E-state index contributed by atoms with van der Waals surface area (Å²) in [5.41, 5.74) is 2.25. The summed E-state index contributed by atoms with van der Waals surface area (Å²) in [7, 11) is 0. The van der Waals surface area contributed by atoms with Gasteiger partial charge in [-0.05, 0) is 25.8 Å². The predicted molar refractivity (Wildman–Crippen MR) is 100 cm³/mol. The van der Waals surface area contributed by atoms with Crippen molar-refractivity contribution in [2.75, 3.05) is 18.8 Å². The van der Waals surface area contributed by atoms with Crippen LogP contribution in [0.4, 0.5) is 0 Å². The molecule has 0 aliphatic carbocycles. The third-order valence-electron chi connectivity index (χ3n) is 4.38. The Kier molecular flexibility index (Phi) is 4.50. The van der Waals surface area contributed by atoms with Crippen molar-refractivity contribution in [2.24, 2.45) is 0 Å². The Balaban J connectivity index is 1.68. The van der Waals surface area contributed by atoms with E-state index in [4.69, 9.17) is 0 Å². The van der Waals surface area contributed by atoms with Crippen LogP contribution in [0.5, 0.6) is 0 Å². The van der Waals surface area contributed by atoms with Crippen LogP contribution in [-0.4, -0.2) is 49.2 Å². The van der Waals surface area contributed by atoms with Crippen LogP contribution in [0, 0.1) is 6.92 Å². The van der Waals surface area contributed by atoms with Crippen molar-refractivity contribution in [1.29, 1.82) is 0 Å². The summed E-state index contributed by atoms with van der Waals surface area (Å²) in [4.78, 5) is 35.1. The highest BCUT2D eigenvalue weighted by molar-refractivity contribution is 7.99. The minimum Gasteiger partial charge on any atom is -0.342 e. The molecule has 1 fully saturated rings. The predicted octanol–water partition coefficient (Wildman–Crippen LogP) is 2.11. The molecule has 8 heteroatoms. The molecule has 0 atom stereocenters. The number of carbonyl (C=O) groups is 1. The summed E-state index contributed by atoms with van der Waals surface area (Å²) in [6.07, 6.45) is 2.13. The average Bonchev–Trinajstić information content (AvgIpc) is 3.28. The van der Waals surface area contributed by atoms with E-state index >= 15 is 0 Å². The zero-order valence-corrected chi connectivity index (χ0v) is 15.3. The molecule has 0 spiro atoms. The smallest absolute Gasteiger partial charge is 0.266 e. The number of thioether (sulfide) groups is 1. The maximum Gasteiger partial charge on any atom is 0.266 e. The second-order valence-corrected chi connectivity index (χ2v) is 7.33. The largest absolute Gasteiger partial charge is 0.342 e. The quantitative estimate of drug-likeness (QED) is 0.712. The van der Waals surface area contributed by atoms with Crippen molar-refractivity contribution in [1.82, 2.24) is 24.5 Å². The first-order valence-electron chi connectivity index (χ1n) is 8.57. The lowest BCUT2D eigenvalue weighted by molar-refractivity contribution is -0.127. The molecule has 26 heavy (non-hydrogen) atoms. The van der Waals surface area contributed by atoms with Crippen LogP contribution >= 0.6 is 11.8 Å². The Morgan fingerprint density at radius 3 is 2.81 bits per heavy atom. The van der Waals surface area contributed by atoms with Gasteiger partial charge >= 0.3 is 0 Å². The number of hydrogen-bond donors (Lipinski definition) is 1. The summed E-state index contributed by atoms with van der Waals surface area (Å²) in [6.45, 7) is 3.66. The minimum atomic E-state index is -0.242. The SMILES string of the molecule is Cc1cccc(-c2nc(SCC(=O)N3CCCC3)n3[nH]c(=O)cc3n2)c1. The van der Waals surface area contributed by atoms with E-state index in [1.54, 1.807) is 4.52 Å². The maximum atomic E-state index is 12.3. The topological polar surface area (TPSA) is 83.4 Å². The maximum absolute atomic E-state index is 12.3. The van der Waals surface area contributed by atoms with Gasteiger partial charge in [0.25, 0.3) is 5.56 Å². The van der Waals surface area contributed by atoms with Crippen molar-refractivity contribution in [3.63, 3.8) is 0 Å². The first-order valence-corrected chi connectivity index (χ1v) is 9.56. The molecule has 134 valence electrons. The zero-order valence-electron chi connectivity index (χ0n) is 14.4. The highest BCUT2D eigenvalue weighted by Gasteiger charge is 2.19. The van der Waals surface area contributed by atoms with Crippen LogP contribution in [0.3, 0.4) is 0 Å². The van der Waals surface area contributed by atoms with Crippen LogP contribution in [0.15, 0.2) is 40.3 Å². The van der Waals surface area contributed by atoms with Gasteiger partial charge in [0.2, 0.25) is 5.91 Å². The number of likely N-dealkylation sites (tertiary alicyclic amines) is 1. The number of aromatic amines is 1. The lowest BCUT2D eigenvalue weighted by atomic mass is 10.1. The van der Waals surface area contributed by atoms with Crippen molar-refractivity contribution in [2.45, 2.75) is 24.9 Å². The number of fused-ring (bicyclic) bond motifs is 1. The molecule has 0 radical (unpaired) electrons. The van der Waals surface area contributed by atoms with Gasteiger partial charge in [-0.25, -0.2) is 14.5 Å². The monoisotopic (exact) mass is 369 g/mol. The molecule has 4 rings (SSSR count). The lowest BCUT2D eigenvalue weighted by Gasteiger charge is -2.14. The van der Waals surface area contributed by atoms with E-state index in [2.05, 4.69) is 15.1 Å². The average molecular weight is 369 g/mol. The fourth-order valence-electron chi connectivity index (χ4n) is 3.08. The molecule has 0 saturated carbocycles. The van der Waals surface area contributed by atoms with Gasteiger partial charge in [0.05, 0.1) is 5.75 Å². The number of aromatic nitrogens is 4. The Labute approximate surface area is 154 Å². The van der Waals surface area contributed by atoms with Gasteiger partial charge in [0, 0.05) is 24.7 Å². The zero-order chi connectivity index (χ0) is 18.1. The van der Waals surface area contributed by atoms with Gasteiger partial charge in [-0.1, -0.05) is 35.5 Å². The molecule has 0 unspecified atom stereocenters. The molecular formula is C18H19N5O2S. The summed E-state index contributed by atoms with van der Waals surface area (Å²) < 4.78 is 1.55. The van der Waals surface area contributed by atoms with E-state index < -0.39 is 0 Å². The Bertz CT molecular complexity index is 1020. The van der Waals surface area contributed by atoms with E-state index in [0.717, 1.165) is 37.1 Å². The third-order valence-corrected chi connectivity index (χ3v) is 5.31. The van der Waals surface area contributed by atoms with Crippen molar-refractivity contribution in [3.05, 3.63) is 46.2 Å². The van der Waals surface area contributed by atoms with Crippen LogP contribution < -0.4 is 5.56 Å². The molecule has 1 amide bonds. The summed E-state index contributed by atoms with van der Waals surface area (Å²) >= 11 is 1.32. The molecule has 7 nitrogen and oxygen atoms in total. The van der Waals surface area contributed by atoms with Gasteiger partial charge in [-0.2, -0.15) is 0 Å². The third kappa shape index (κ3) is 3.37.